The van der Waals surface area contributed by atoms with Crippen molar-refractivity contribution in [2.24, 2.45) is 0 Å². The molecule has 0 saturated heterocycles. The van der Waals surface area contributed by atoms with Gasteiger partial charge in [-0.1, -0.05) is 18.2 Å². The third kappa shape index (κ3) is 3.41. The van der Waals surface area contributed by atoms with Gasteiger partial charge >= 0.3 is 0 Å². The molecule has 3 rings (SSSR count). The van der Waals surface area contributed by atoms with Gasteiger partial charge in [-0.3, -0.25) is 0 Å². The minimum Gasteiger partial charge on any atom is -0.370 e. The lowest BCUT2D eigenvalue weighted by molar-refractivity contribution is 0.630. The van der Waals surface area contributed by atoms with E-state index in [1.165, 1.54) is 36.2 Å². The molecule has 2 nitrogen and oxygen atoms in total. The van der Waals surface area contributed by atoms with E-state index in [0.717, 1.165) is 26.1 Å². The van der Waals surface area contributed by atoms with Gasteiger partial charge in [-0.2, -0.15) is 11.3 Å². The Kier molecular flexibility index (Phi) is 4.72. The number of fused-ring (bicyclic) bond motifs is 1. The molecule has 0 bridgehead atoms. The van der Waals surface area contributed by atoms with Gasteiger partial charge < -0.3 is 10.2 Å². The summed E-state index contributed by atoms with van der Waals surface area (Å²) in [5, 5.41) is 7.96. The van der Waals surface area contributed by atoms with Crippen molar-refractivity contribution in [2.45, 2.75) is 19.3 Å². The zero-order chi connectivity index (χ0) is 13.6. The first-order valence-electron chi connectivity index (χ1n) is 7.48. The molecule has 1 aliphatic rings. The molecule has 0 aliphatic carbocycles. The Hall–Kier alpha value is -1.32. The van der Waals surface area contributed by atoms with Crippen LogP contribution in [0, 0.1) is 0 Å². The molecule has 3 heteroatoms. The summed E-state index contributed by atoms with van der Waals surface area (Å²) in [6.45, 7) is 4.45. The van der Waals surface area contributed by atoms with E-state index < -0.39 is 0 Å². The van der Waals surface area contributed by atoms with Gasteiger partial charge in [-0.25, -0.2) is 0 Å². The number of rotatable bonds is 6. The first kappa shape index (κ1) is 13.7. The largest absolute Gasteiger partial charge is 0.370 e. The highest BCUT2D eigenvalue weighted by molar-refractivity contribution is 7.07. The van der Waals surface area contributed by atoms with Crippen LogP contribution in [0.1, 0.15) is 17.5 Å². The fourth-order valence-electron chi connectivity index (χ4n) is 2.85. The van der Waals surface area contributed by atoms with Gasteiger partial charge in [0.15, 0.2) is 0 Å². The second-order valence-corrected chi connectivity index (χ2v) is 6.13. The van der Waals surface area contributed by atoms with Crippen LogP contribution in [0.4, 0.5) is 5.69 Å². The summed E-state index contributed by atoms with van der Waals surface area (Å²) in [6, 6.07) is 11.1. The zero-order valence-corrected chi connectivity index (χ0v) is 12.7. The molecular formula is C17H22N2S. The molecule has 2 heterocycles. The molecule has 0 saturated carbocycles. The van der Waals surface area contributed by atoms with Crippen molar-refractivity contribution in [3.63, 3.8) is 0 Å². The third-order valence-electron chi connectivity index (χ3n) is 3.94. The van der Waals surface area contributed by atoms with E-state index in [4.69, 9.17) is 0 Å². The Morgan fingerprint density at radius 1 is 1.15 bits per heavy atom. The van der Waals surface area contributed by atoms with Gasteiger partial charge in [0.05, 0.1) is 0 Å². The van der Waals surface area contributed by atoms with Gasteiger partial charge in [-0.05, 0) is 59.8 Å². The molecule has 0 fully saturated rings. The Balaban J connectivity index is 1.43. The number of anilines is 1. The number of thiophene rings is 1. The van der Waals surface area contributed by atoms with Crippen molar-refractivity contribution >= 4 is 17.0 Å². The number of hydrogen-bond acceptors (Lipinski definition) is 3. The summed E-state index contributed by atoms with van der Waals surface area (Å²) in [4.78, 5) is 2.52. The molecule has 1 aliphatic heterocycles. The maximum atomic E-state index is 3.56. The number of hydrogen-bond donors (Lipinski definition) is 1. The fraction of sp³-hybridized carbons (Fsp3) is 0.412. The average molecular weight is 286 g/mol. The molecule has 106 valence electrons. The van der Waals surface area contributed by atoms with Crippen LogP contribution in [0.3, 0.4) is 0 Å². The Bertz CT molecular complexity index is 522. The van der Waals surface area contributed by atoms with Crippen molar-refractivity contribution in [1.29, 1.82) is 0 Å². The van der Waals surface area contributed by atoms with Crippen LogP contribution in [0.2, 0.25) is 0 Å². The summed E-state index contributed by atoms with van der Waals surface area (Å²) in [5.41, 5.74) is 4.40. The third-order valence-corrected chi connectivity index (χ3v) is 4.67. The first-order valence-corrected chi connectivity index (χ1v) is 8.42. The lowest BCUT2D eigenvalue weighted by atomic mass is 10.0. The Morgan fingerprint density at radius 2 is 2.10 bits per heavy atom. The fourth-order valence-corrected chi connectivity index (χ4v) is 3.55. The van der Waals surface area contributed by atoms with Crippen molar-refractivity contribution in [3.8, 4) is 0 Å². The molecule has 0 atom stereocenters. The summed E-state index contributed by atoms with van der Waals surface area (Å²) >= 11 is 1.78. The normalized spacial score (nSPS) is 14.3. The molecule has 2 aromatic rings. The van der Waals surface area contributed by atoms with Crippen LogP contribution in [0.15, 0.2) is 41.1 Å². The zero-order valence-electron chi connectivity index (χ0n) is 11.8. The van der Waals surface area contributed by atoms with Gasteiger partial charge in [0, 0.05) is 25.3 Å². The molecule has 1 N–H and O–H groups in total. The molecule has 20 heavy (non-hydrogen) atoms. The van der Waals surface area contributed by atoms with Crippen LogP contribution in [-0.4, -0.2) is 26.2 Å². The standard InChI is InChI=1S/C17H22N2S/c1-2-6-17-16(4-1)5-3-11-19(17)12-10-18-9-7-15-8-13-20-14-15/h1-2,4,6,8,13-14,18H,3,5,7,9-12H2. The number of para-hydroxylation sites is 1. The number of nitrogens with one attached hydrogen (secondary N) is 1. The summed E-state index contributed by atoms with van der Waals surface area (Å²) in [5.74, 6) is 0. The molecule has 0 unspecified atom stereocenters. The minimum atomic E-state index is 1.07. The lowest BCUT2D eigenvalue weighted by Gasteiger charge is -2.31. The number of benzene rings is 1. The molecule has 1 aromatic carbocycles. The second-order valence-electron chi connectivity index (χ2n) is 5.35. The molecule has 1 aromatic heterocycles. The minimum absolute atomic E-state index is 1.07. The first-order chi connectivity index (χ1) is 9.93. The topological polar surface area (TPSA) is 15.3 Å². The highest BCUT2D eigenvalue weighted by Crippen LogP contribution is 2.25. The maximum Gasteiger partial charge on any atom is 0.0399 e. The molecule has 0 amide bonds. The van der Waals surface area contributed by atoms with Crippen LogP contribution in [0.25, 0.3) is 0 Å². The highest BCUT2D eigenvalue weighted by atomic mass is 32.1. The molecule has 0 radical (unpaired) electrons. The van der Waals surface area contributed by atoms with Gasteiger partial charge in [0.25, 0.3) is 0 Å². The van der Waals surface area contributed by atoms with Crippen LogP contribution >= 0.6 is 11.3 Å². The van der Waals surface area contributed by atoms with E-state index in [1.807, 2.05) is 0 Å². The SMILES string of the molecule is c1ccc2c(c1)CCCN2CCNCCc1ccsc1. The summed E-state index contributed by atoms with van der Waals surface area (Å²) in [7, 11) is 0. The van der Waals surface area contributed by atoms with Gasteiger partial charge in [-0.15, -0.1) is 0 Å². The quantitative estimate of drug-likeness (QED) is 0.819. The van der Waals surface area contributed by atoms with Crippen LogP contribution in [0.5, 0.6) is 0 Å². The predicted octanol–water partition coefficient (Wildman–Crippen LogP) is 3.33. The van der Waals surface area contributed by atoms with Gasteiger partial charge in [0.1, 0.15) is 0 Å². The van der Waals surface area contributed by atoms with Crippen molar-refractivity contribution < 1.29 is 0 Å². The van der Waals surface area contributed by atoms with Crippen molar-refractivity contribution in [2.75, 3.05) is 31.1 Å². The highest BCUT2D eigenvalue weighted by Gasteiger charge is 2.15. The van der Waals surface area contributed by atoms with Crippen molar-refractivity contribution in [1.82, 2.24) is 5.32 Å². The van der Waals surface area contributed by atoms with Crippen LogP contribution in [-0.2, 0) is 12.8 Å². The molecule has 0 spiro atoms. The second kappa shape index (κ2) is 6.91. The Morgan fingerprint density at radius 3 is 3.00 bits per heavy atom. The van der Waals surface area contributed by atoms with E-state index in [0.29, 0.717) is 0 Å². The number of nitrogens with zero attached hydrogens (tertiary/aromatic N) is 1. The van der Waals surface area contributed by atoms with E-state index in [9.17, 15) is 0 Å². The van der Waals surface area contributed by atoms with Crippen LogP contribution < -0.4 is 10.2 Å². The smallest absolute Gasteiger partial charge is 0.0399 e. The maximum absolute atomic E-state index is 3.56. The number of aryl methyl sites for hydroxylation is 1. The van der Waals surface area contributed by atoms with Gasteiger partial charge in [0.2, 0.25) is 0 Å². The van der Waals surface area contributed by atoms with E-state index in [2.05, 4.69) is 51.3 Å². The summed E-state index contributed by atoms with van der Waals surface area (Å²) < 4.78 is 0. The average Bonchev–Trinajstić information content (AvgIpc) is 3.00. The monoisotopic (exact) mass is 286 g/mol. The van der Waals surface area contributed by atoms with E-state index >= 15 is 0 Å². The van der Waals surface area contributed by atoms with E-state index in [-0.39, 0.29) is 0 Å². The van der Waals surface area contributed by atoms with Crippen molar-refractivity contribution in [3.05, 3.63) is 52.2 Å². The molecular weight excluding hydrogens is 264 g/mol. The predicted molar refractivity (Wildman–Crippen MR) is 87.9 cm³/mol. The lowest BCUT2D eigenvalue weighted by Crippen LogP contribution is -2.36. The Labute approximate surface area is 125 Å². The van der Waals surface area contributed by atoms with E-state index in [1.54, 1.807) is 11.3 Å². The summed E-state index contributed by atoms with van der Waals surface area (Å²) in [6.07, 6.45) is 3.66.